The Morgan fingerprint density at radius 3 is 2.67 bits per heavy atom. The molecular formula is C26H26FN3O3. The summed E-state index contributed by atoms with van der Waals surface area (Å²) in [6.45, 7) is 1.33. The zero-order valence-corrected chi connectivity index (χ0v) is 18.5. The lowest BCUT2D eigenvalue weighted by molar-refractivity contribution is -0.139. The molecular weight excluding hydrogens is 421 g/mol. The zero-order chi connectivity index (χ0) is 23.1. The highest BCUT2D eigenvalue weighted by Gasteiger charge is 2.41. The monoisotopic (exact) mass is 447 g/mol. The first-order chi connectivity index (χ1) is 15.9. The predicted molar refractivity (Wildman–Crippen MR) is 123 cm³/mol. The Hall–Kier alpha value is -3.48. The van der Waals surface area contributed by atoms with Gasteiger partial charge in [-0.05, 0) is 37.0 Å². The number of para-hydroxylation sites is 1. The highest BCUT2D eigenvalue weighted by molar-refractivity contribution is 6.07. The molecule has 0 spiro atoms. The summed E-state index contributed by atoms with van der Waals surface area (Å²) >= 11 is 0. The number of nitrogens with one attached hydrogen (secondary N) is 1. The number of benzene rings is 2. The van der Waals surface area contributed by atoms with Crippen molar-refractivity contribution in [3.05, 3.63) is 71.4 Å². The van der Waals surface area contributed by atoms with Crippen molar-refractivity contribution >= 4 is 28.5 Å². The lowest BCUT2D eigenvalue weighted by Gasteiger charge is -2.25. The normalized spacial score (nSPS) is 21.9. The largest absolute Gasteiger partial charge is 0.347 e. The maximum atomic E-state index is 14.4. The predicted octanol–water partition coefficient (Wildman–Crippen LogP) is 3.59. The first-order valence-corrected chi connectivity index (χ1v) is 11.3. The summed E-state index contributed by atoms with van der Waals surface area (Å²) in [7, 11) is 0. The lowest BCUT2D eigenvalue weighted by atomic mass is 10.1. The van der Waals surface area contributed by atoms with Crippen LogP contribution in [0.3, 0.4) is 0 Å². The number of fused-ring (bicyclic) bond motifs is 2. The number of likely N-dealkylation sites (tertiary alicyclic amines) is 1. The Bertz CT molecular complexity index is 1250. The van der Waals surface area contributed by atoms with Gasteiger partial charge in [-0.25, -0.2) is 4.39 Å². The average molecular weight is 448 g/mol. The van der Waals surface area contributed by atoms with E-state index in [-0.39, 0.29) is 43.1 Å². The molecule has 0 radical (unpaired) electrons. The standard InChI is InChI=1S/C26H26FN3O3/c1-16(31)21-14-29(23-9-5-4-8-20(21)23)15-25(32)30-13-18(27)12-24(30)26(33)28-22-11-10-17-6-2-3-7-19(17)22/h2-9,14,18,22,24H,10-13,15H2,1H3,(H,28,33). The van der Waals surface area contributed by atoms with Crippen LogP contribution in [0.2, 0.25) is 0 Å². The van der Waals surface area contributed by atoms with Gasteiger partial charge in [0.05, 0.1) is 12.6 Å². The summed E-state index contributed by atoms with van der Waals surface area (Å²) in [6.07, 6.45) is 2.11. The molecule has 1 saturated heterocycles. The number of Topliss-reactive ketones (excluding diaryl/α,β-unsaturated/α-hetero) is 1. The van der Waals surface area contributed by atoms with E-state index >= 15 is 0 Å². The van der Waals surface area contributed by atoms with Crippen LogP contribution >= 0.6 is 0 Å². The highest BCUT2D eigenvalue weighted by atomic mass is 19.1. The number of rotatable bonds is 5. The SMILES string of the molecule is CC(=O)c1cn(CC(=O)N2CC(F)CC2C(=O)NC2CCc3ccccc32)c2ccccc12. The molecule has 1 N–H and O–H groups in total. The third-order valence-corrected chi connectivity index (χ3v) is 6.80. The third-order valence-electron chi connectivity index (χ3n) is 6.80. The molecule has 2 aromatic carbocycles. The minimum absolute atomic E-state index is 0.00291. The van der Waals surface area contributed by atoms with Crippen molar-refractivity contribution in [1.82, 2.24) is 14.8 Å². The van der Waals surface area contributed by atoms with E-state index in [2.05, 4.69) is 11.4 Å². The van der Waals surface area contributed by atoms with Crippen molar-refractivity contribution in [2.24, 2.45) is 0 Å². The van der Waals surface area contributed by atoms with Gasteiger partial charge in [-0.15, -0.1) is 0 Å². The molecule has 3 atom stereocenters. The Morgan fingerprint density at radius 2 is 1.85 bits per heavy atom. The summed E-state index contributed by atoms with van der Waals surface area (Å²) in [6, 6.07) is 14.4. The van der Waals surface area contributed by atoms with E-state index in [4.69, 9.17) is 0 Å². The van der Waals surface area contributed by atoms with Crippen LogP contribution in [0.15, 0.2) is 54.7 Å². The summed E-state index contributed by atoms with van der Waals surface area (Å²) < 4.78 is 16.1. The Balaban J connectivity index is 1.34. The fourth-order valence-corrected chi connectivity index (χ4v) is 5.18. The molecule has 5 rings (SSSR count). The molecule has 7 heteroatoms. The number of carbonyl (C=O) groups is 3. The highest BCUT2D eigenvalue weighted by Crippen LogP contribution is 2.32. The number of hydrogen-bond acceptors (Lipinski definition) is 3. The quantitative estimate of drug-likeness (QED) is 0.608. The summed E-state index contributed by atoms with van der Waals surface area (Å²) in [4.78, 5) is 39.7. The second-order valence-electron chi connectivity index (χ2n) is 8.94. The first-order valence-electron chi connectivity index (χ1n) is 11.3. The Labute approximate surface area is 191 Å². The van der Waals surface area contributed by atoms with Gasteiger partial charge < -0.3 is 14.8 Å². The van der Waals surface area contributed by atoms with Crippen LogP contribution in [0.4, 0.5) is 4.39 Å². The molecule has 1 aliphatic heterocycles. The Kier molecular flexibility index (Phi) is 5.48. The minimum atomic E-state index is -1.24. The van der Waals surface area contributed by atoms with E-state index in [9.17, 15) is 18.8 Å². The number of alkyl halides is 1. The van der Waals surface area contributed by atoms with Crippen molar-refractivity contribution in [3.63, 3.8) is 0 Å². The molecule has 0 saturated carbocycles. The van der Waals surface area contributed by atoms with Crippen molar-refractivity contribution in [1.29, 1.82) is 0 Å². The van der Waals surface area contributed by atoms with E-state index in [1.807, 2.05) is 42.5 Å². The summed E-state index contributed by atoms with van der Waals surface area (Å²) in [5, 5.41) is 3.82. The van der Waals surface area contributed by atoms with Gasteiger partial charge in [-0.2, -0.15) is 0 Å². The fourth-order valence-electron chi connectivity index (χ4n) is 5.18. The second-order valence-corrected chi connectivity index (χ2v) is 8.94. The first kappa shape index (κ1) is 21.4. The third kappa shape index (κ3) is 3.92. The molecule has 1 aliphatic carbocycles. The number of amides is 2. The maximum absolute atomic E-state index is 14.4. The summed E-state index contributed by atoms with van der Waals surface area (Å²) in [5.74, 6) is -0.735. The number of carbonyl (C=O) groups excluding carboxylic acids is 3. The van der Waals surface area contributed by atoms with Crippen LogP contribution in [0.5, 0.6) is 0 Å². The van der Waals surface area contributed by atoms with Gasteiger partial charge in [0, 0.05) is 29.1 Å². The minimum Gasteiger partial charge on any atom is -0.347 e. The van der Waals surface area contributed by atoms with Gasteiger partial charge in [0.1, 0.15) is 18.8 Å². The van der Waals surface area contributed by atoms with E-state index < -0.39 is 12.2 Å². The number of halogens is 1. The second kappa shape index (κ2) is 8.46. The van der Waals surface area contributed by atoms with Gasteiger partial charge in [0.15, 0.2) is 5.78 Å². The zero-order valence-electron chi connectivity index (χ0n) is 18.5. The average Bonchev–Trinajstić information content (AvgIpc) is 3.50. The molecule has 2 aliphatic rings. The van der Waals surface area contributed by atoms with Gasteiger partial charge >= 0.3 is 0 Å². The molecule has 1 fully saturated rings. The van der Waals surface area contributed by atoms with Gasteiger partial charge in [0.2, 0.25) is 11.8 Å². The molecule has 0 bridgehead atoms. The maximum Gasteiger partial charge on any atom is 0.243 e. The number of nitrogens with zero attached hydrogens (tertiary/aromatic N) is 2. The Morgan fingerprint density at radius 1 is 1.09 bits per heavy atom. The van der Waals surface area contributed by atoms with E-state index in [0.29, 0.717) is 5.56 Å². The molecule has 6 nitrogen and oxygen atoms in total. The molecule has 3 unspecified atom stereocenters. The van der Waals surface area contributed by atoms with Crippen molar-refractivity contribution in [2.45, 2.75) is 51.0 Å². The van der Waals surface area contributed by atoms with Crippen LogP contribution in [-0.4, -0.2) is 45.8 Å². The van der Waals surface area contributed by atoms with Crippen LogP contribution in [-0.2, 0) is 22.6 Å². The van der Waals surface area contributed by atoms with E-state index in [0.717, 1.165) is 29.3 Å². The van der Waals surface area contributed by atoms with Crippen molar-refractivity contribution in [2.75, 3.05) is 6.54 Å². The number of hydrogen-bond donors (Lipinski definition) is 1. The van der Waals surface area contributed by atoms with Crippen LogP contribution < -0.4 is 5.32 Å². The molecule has 33 heavy (non-hydrogen) atoms. The molecule has 2 amide bonds. The molecule has 1 aromatic heterocycles. The van der Waals surface area contributed by atoms with Crippen molar-refractivity contribution in [3.8, 4) is 0 Å². The van der Waals surface area contributed by atoms with E-state index in [1.165, 1.54) is 17.4 Å². The van der Waals surface area contributed by atoms with Gasteiger partial charge in [-0.1, -0.05) is 42.5 Å². The van der Waals surface area contributed by atoms with Gasteiger partial charge in [-0.3, -0.25) is 14.4 Å². The van der Waals surface area contributed by atoms with Gasteiger partial charge in [0.25, 0.3) is 0 Å². The van der Waals surface area contributed by atoms with Crippen LogP contribution in [0.25, 0.3) is 10.9 Å². The fraction of sp³-hybridized carbons (Fsp3) is 0.346. The van der Waals surface area contributed by atoms with Crippen molar-refractivity contribution < 1.29 is 18.8 Å². The van der Waals surface area contributed by atoms with Crippen LogP contribution in [0.1, 0.15) is 47.3 Å². The number of aromatic nitrogens is 1. The smallest absolute Gasteiger partial charge is 0.243 e. The lowest BCUT2D eigenvalue weighted by Crippen LogP contribution is -2.47. The summed E-state index contributed by atoms with van der Waals surface area (Å²) in [5.41, 5.74) is 3.60. The molecule has 170 valence electrons. The molecule has 3 aromatic rings. The molecule has 2 heterocycles. The van der Waals surface area contributed by atoms with Crippen LogP contribution in [0, 0.1) is 0 Å². The number of ketones is 1. The van der Waals surface area contributed by atoms with E-state index in [1.54, 1.807) is 10.8 Å². The number of aryl methyl sites for hydroxylation is 1. The topological polar surface area (TPSA) is 71.4 Å².